The molecule has 3 heteroatoms. The largest absolute Gasteiger partial charge is 0.378 e. The fourth-order valence-electron chi connectivity index (χ4n) is 1.74. The summed E-state index contributed by atoms with van der Waals surface area (Å²) in [5.41, 5.74) is 0. The average molecular weight is 171 g/mol. The first kappa shape index (κ1) is 8.48. The fraction of sp³-hybridized carbons (Fsp3) is 1.00. The molecule has 2 saturated heterocycles. The molecular formula is C9H17NO2. The normalized spacial score (nSPS) is 36.8. The molecule has 2 aliphatic heterocycles. The zero-order valence-corrected chi connectivity index (χ0v) is 7.66. The van der Waals surface area contributed by atoms with Crippen LogP contribution in [0.15, 0.2) is 0 Å². The van der Waals surface area contributed by atoms with Crippen molar-refractivity contribution in [2.75, 3.05) is 32.9 Å². The van der Waals surface area contributed by atoms with Crippen molar-refractivity contribution in [3.63, 3.8) is 0 Å². The summed E-state index contributed by atoms with van der Waals surface area (Å²) in [6.45, 7) is 7.18. The summed E-state index contributed by atoms with van der Waals surface area (Å²) in [4.78, 5) is 2.50. The number of morpholine rings is 1. The molecule has 70 valence electrons. The topological polar surface area (TPSA) is 25.0 Å². The van der Waals surface area contributed by atoms with Crippen LogP contribution in [0.2, 0.25) is 0 Å². The fourth-order valence-corrected chi connectivity index (χ4v) is 1.74. The van der Waals surface area contributed by atoms with Crippen molar-refractivity contribution >= 4 is 0 Å². The number of ether oxygens (including phenoxy) is 2. The Labute approximate surface area is 73.6 Å². The van der Waals surface area contributed by atoms with E-state index < -0.39 is 0 Å². The van der Waals surface area contributed by atoms with Gasteiger partial charge in [0.25, 0.3) is 0 Å². The second kappa shape index (κ2) is 3.73. The Kier molecular flexibility index (Phi) is 2.63. The van der Waals surface area contributed by atoms with Gasteiger partial charge in [-0.25, -0.2) is 0 Å². The SMILES string of the molecule is CCC1COCCN1CC1CO1. The number of hydrogen-bond donors (Lipinski definition) is 0. The number of nitrogens with zero attached hydrogens (tertiary/aromatic N) is 1. The molecule has 0 saturated carbocycles. The molecule has 0 N–H and O–H groups in total. The molecule has 2 fully saturated rings. The van der Waals surface area contributed by atoms with E-state index in [1.165, 1.54) is 6.42 Å². The second-order valence-corrected chi connectivity index (χ2v) is 3.59. The molecule has 0 aromatic heterocycles. The zero-order chi connectivity index (χ0) is 8.39. The molecule has 0 aromatic rings. The van der Waals surface area contributed by atoms with Crippen LogP contribution >= 0.6 is 0 Å². The minimum Gasteiger partial charge on any atom is -0.378 e. The van der Waals surface area contributed by atoms with Crippen LogP contribution in [0.25, 0.3) is 0 Å². The van der Waals surface area contributed by atoms with Gasteiger partial charge in [-0.3, -0.25) is 4.90 Å². The van der Waals surface area contributed by atoms with Crippen molar-refractivity contribution in [3.8, 4) is 0 Å². The van der Waals surface area contributed by atoms with E-state index in [2.05, 4.69) is 11.8 Å². The predicted octanol–water partition coefficient (Wildman–Crippen LogP) is 0.496. The Morgan fingerprint density at radius 2 is 2.25 bits per heavy atom. The maximum atomic E-state index is 5.42. The maximum Gasteiger partial charge on any atom is 0.0936 e. The first-order valence-electron chi connectivity index (χ1n) is 4.83. The van der Waals surface area contributed by atoms with E-state index in [0.717, 1.165) is 32.9 Å². The Bertz CT molecular complexity index is 147. The second-order valence-electron chi connectivity index (χ2n) is 3.59. The molecule has 0 spiro atoms. The van der Waals surface area contributed by atoms with Gasteiger partial charge < -0.3 is 9.47 Å². The van der Waals surface area contributed by atoms with Gasteiger partial charge in [0.2, 0.25) is 0 Å². The Balaban J connectivity index is 1.81. The van der Waals surface area contributed by atoms with Gasteiger partial charge in [0, 0.05) is 19.1 Å². The van der Waals surface area contributed by atoms with Gasteiger partial charge in [0.1, 0.15) is 0 Å². The lowest BCUT2D eigenvalue weighted by atomic mass is 10.1. The van der Waals surface area contributed by atoms with Crippen LogP contribution in [-0.4, -0.2) is 50.0 Å². The summed E-state index contributed by atoms with van der Waals surface area (Å²) in [6.07, 6.45) is 1.71. The van der Waals surface area contributed by atoms with E-state index in [0.29, 0.717) is 12.1 Å². The molecule has 2 aliphatic rings. The highest BCUT2D eigenvalue weighted by atomic mass is 16.6. The summed E-state index contributed by atoms with van der Waals surface area (Å²) in [5, 5.41) is 0. The molecule has 2 heterocycles. The summed E-state index contributed by atoms with van der Waals surface area (Å²) >= 11 is 0. The van der Waals surface area contributed by atoms with Crippen LogP contribution in [0.4, 0.5) is 0 Å². The van der Waals surface area contributed by atoms with Gasteiger partial charge in [-0.05, 0) is 6.42 Å². The Hall–Kier alpha value is -0.120. The van der Waals surface area contributed by atoms with Gasteiger partial charge in [-0.2, -0.15) is 0 Å². The van der Waals surface area contributed by atoms with Gasteiger partial charge in [0.05, 0.1) is 25.9 Å². The molecule has 2 atom stereocenters. The van der Waals surface area contributed by atoms with E-state index in [-0.39, 0.29) is 0 Å². The average Bonchev–Trinajstić information content (AvgIpc) is 2.89. The van der Waals surface area contributed by atoms with E-state index >= 15 is 0 Å². The van der Waals surface area contributed by atoms with Crippen LogP contribution in [0, 0.1) is 0 Å². The highest BCUT2D eigenvalue weighted by Gasteiger charge is 2.29. The summed E-state index contributed by atoms with van der Waals surface area (Å²) < 4.78 is 10.6. The summed E-state index contributed by atoms with van der Waals surface area (Å²) in [5.74, 6) is 0. The highest BCUT2D eigenvalue weighted by Crippen LogP contribution is 2.16. The monoisotopic (exact) mass is 171 g/mol. The third-order valence-corrected chi connectivity index (χ3v) is 2.66. The molecule has 3 nitrogen and oxygen atoms in total. The maximum absolute atomic E-state index is 5.42. The van der Waals surface area contributed by atoms with E-state index in [1.54, 1.807) is 0 Å². The molecule has 0 bridgehead atoms. The molecule has 0 radical (unpaired) electrons. The minimum atomic E-state index is 0.525. The van der Waals surface area contributed by atoms with Crippen molar-refractivity contribution in [2.24, 2.45) is 0 Å². The van der Waals surface area contributed by atoms with E-state index in [1.807, 2.05) is 0 Å². The Morgan fingerprint density at radius 1 is 1.42 bits per heavy atom. The molecule has 2 unspecified atom stereocenters. The van der Waals surface area contributed by atoms with Crippen molar-refractivity contribution in [2.45, 2.75) is 25.5 Å². The highest BCUT2D eigenvalue weighted by molar-refractivity contribution is 4.80. The molecule has 2 rings (SSSR count). The summed E-state index contributed by atoms with van der Waals surface area (Å²) in [6, 6.07) is 0.628. The van der Waals surface area contributed by atoms with Gasteiger partial charge >= 0.3 is 0 Å². The lowest BCUT2D eigenvalue weighted by Crippen LogP contribution is -2.46. The first-order valence-corrected chi connectivity index (χ1v) is 4.83. The molecule has 0 aliphatic carbocycles. The minimum absolute atomic E-state index is 0.525. The molecule has 0 aromatic carbocycles. The lowest BCUT2D eigenvalue weighted by Gasteiger charge is -2.34. The molecule has 12 heavy (non-hydrogen) atoms. The van der Waals surface area contributed by atoms with Crippen molar-refractivity contribution in [1.82, 2.24) is 4.90 Å². The third-order valence-electron chi connectivity index (χ3n) is 2.66. The lowest BCUT2D eigenvalue weighted by molar-refractivity contribution is -0.0111. The first-order chi connectivity index (χ1) is 5.90. The number of rotatable bonds is 3. The molecule has 0 amide bonds. The quantitative estimate of drug-likeness (QED) is 0.578. The van der Waals surface area contributed by atoms with Crippen LogP contribution in [0.1, 0.15) is 13.3 Å². The van der Waals surface area contributed by atoms with Crippen molar-refractivity contribution in [3.05, 3.63) is 0 Å². The van der Waals surface area contributed by atoms with Crippen LogP contribution in [-0.2, 0) is 9.47 Å². The molecular weight excluding hydrogens is 154 g/mol. The van der Waals surface area contributed by atoms with Crippen molar-refractivity contribution < 1.29 is 9.47 Å². The van der Waals surface area contributed by atoms with Gasteiger partial charge in [-0.15, -0.1) is 0 Å². The zero-order valence-electron chi connectivity index (χ0n) is 7.66. The number of hydrogen-bond acceptors (Lipinski definition) is 3. The van der Waals surface area contributed by atoms with Crippen LogP contribution in [0.5, 0.6) is 0 Å². The van der Waals surface area contributed by atoms with E-state index in [4.69, 9.17) is 9.47 Å². The van der Waals surface area contributed by atoms with Gasteiger partial charge in [-0.1, -0.05) is 6.92 Å². The van der Waals surface area contributed by atoms with Crippen molar-refractivity contribution in [1.29, 1.82) is 0 Å². The Morgan fingerprint density at radius 3 is 2.92 bits per heavy atom. The van der Waals surface area contributed by atoms with Crippen LogP contribution < -0.4 is 0 Å². The van der Waals surface area contributed by atoms with Gasteiger partial charge in [0.15, 0.2) is 0 Å². The smallest absolute Gasteiger partial charge is 0.0936 e. The number of epoxide rings is 1. The predicted molar refractivity (Wildman–Crippen MR) is 46.2 cm³/mol. The van der Waals surface area contributed by atoms with E-state index in [9.17, 15) is 0 Å². The summed E-state index contributed by atoms with van der Waals surface area (Å²) in [7, 11) is 0. The third kappa shape index (κ3) is 1.97. The van der Waals surface area contributed by atoms with Crippen LogP contribution in [0.3, 0.4) is 0 Å². The standard InChI is InChI=1S/C9H17NO2/c1-2-8-6-11-4-3-10(8)5-9-7-12-9/h8-9H,2-7H2,1H3.